The third kappa shape index (κ3) is 4.34. The zero-order chi connectivity index (χ0) is 9.56. The van der Waals surface area contributed by atoms with Crippen LogP contribution in [0.5, 0.6) is 0 Å². The van der Waals surface area contributed by atoms with Crippen molar-refractivity contribution in [2.75, 3.05) is 13.1 Å². The summed E-state index contributed by atoms with van der Waals surface area (Å²) >= 11 is 0. The Balaban J connectivity index is 3.75. The molecule has 3 heteroatoms. The van der Waals surface area contributed by atoms with Crippen molar-refractivity contribution in [1.29, 1.82) is 0 Å². The monoisotopic (exact) mass is 172 g/mol. The molecular weight excluding hydrogens is 152 g/mol. The number of hydrogen-bond acceptors (Lipinski definition) is 2. The maximum absolute atomic E-state index is 11.2. The summed E-state index contributed by atoms with van der Waals surface area (Å²) in [5.41, 5.74) is 5.60. The first kappa shape index (κ1) is 11.4. The molecule has 0 aromatic heterocycles. The lowest BCUT2D eigenvalue weighted by Gasteiger charge is -2.20. The Morgan fingerprint density at radius 2 is 2.08 bits per heavy atom. The first-order chi connectivity index (χ1) is 5.61. The van der Waals surface area contributed by atoms with Crippen LogP contribution in [0.3, 0.4) is 0 Å². The van der Waals surface area contributed by atoms with E-state index in [-0.39, 0.29) is 11.9 Å². The molecule has 0 saturated heterocycles. The number of carbonyl (C=O) groups is 1. The fraction of sp³-hybridized carbons (Fsp3) is 0.889. The van der Waals surface area contributed by atoms with Gasteiger partial charge in [-0.1, -0.05) is 6.92 Å². The van der Waals surface area contributed by atoms with Gasteiger partial charge in [-0.2, -0.15) is 0 Å². The van der Waals surface area contributed by atoms with Crippen molar-refractivity contribution in [2.45, 2.75) is 39.7 Å². The first-order valence-corrected chi connectivity index (χ1v) is 4.65. The zero-order valence-corrected chi connectivity index (χ0v) is 8.34. The molecule has 0 heterocycles. The van der Waals surface area contributed by atoms with Gasteiger partial charge in [-0.25, -0.2) is 0 Å². The fourth-order valence-corrected chi connectivity index (χ4v) is 1.04. The Morgan fingerprint density at radius 1 is 1.50 bits per heavy atom. The van der Waals surface area contributed by atoms with Crippen LogP contribution in [-0.2, 0) is 4.79 Å². The van der Waals surface area contributed by atoms with E-state index in [1.807, 2.05) is 25.7 Å². The van der Waals surface area contributed by atoms with E-state index in [0.29, 0.717) is 6.42 Å². The van der Waals surface area contributed by atoms with E-state index in [0.717, 1.165) is 19.5 Å². The quantitative estimate of drug-likeness (QED) is 0.672. The summed E-state index contributed by atoms with van der Waals surface area (Å²) in [6.45, 7) is 7.43. The predicted molar refractivity (Wildman–Crippen MR) is 50.8 cm³/mol. The minimum Gasteiger partial charge on any atom is -0.343 e. The van der Waals surface area contributed by atoms with Crippen molar-refractivity contribution in [3.05, 3.63) is 0 Å². The molecule has 0 aromatic rings. The molecule has 0 fully saturated rings. The molecule has 0 bridgehead atoms. The fourth-order valence-electron chi connectivity index (χ4n) is 1.04. The number of nitrogens with zero attached hydrogens (tertiary/aromatic N) is 1. The Morgan fingerprint density at radius 3 is 2.42 bits per heavy atom. The molecule has 2 N–H and O–H groups in total. The largest absolute Gasteiger partial charge is 0.343 e. The minimum atomic E-state index is 0.184. The van der Waals surface area contributed by atoms with Crippen LogP contribution in [0.4, 0.5) is 0 Å². The second-order valence-electron chi connectivity index (χ2n) is 3.09. The van der Waals surface area contributed by atoms with Crippen molar-refractivity contribution >= 4 is 5.91 Å². The lowest BCUT2D eigenvalue weighted by molar-refractivity contribution is -0.130. The van der Waals surface area contributed by atoms with Gasteiger partial charge in [0.2, 0.25) is 5.91 Å². The van der Waals surface area contributed by atoms with Crippen molar-refractivity contribution in [1.82, 2.24) is 4.90 Å². The molecule has 3 nitrogen and oxygen atoms in total. The van der Waals surface area contributed by atoms with Crippen LogP contribution in [0.25, 0.3) is 0 Å². The standard InChI is InChI=1S/C9H20N2O/c1-4-9(12)11(5-2)7-6-8(3)10/h8H,4-7,10H2,1-3H3. The number of nitrogens with two attached hydrogens (primary N) is 1. The first-order valence-electron chi connectivity index (χ1n) is 4.65. The van der Waals surface area contributed by atoms with E-state index in [4.69, 9.17) is 5.73 Å². The van der Waals surface area contributed by atoms with Crippen molar-refractivity contribution in [3.8, 4) is 0 Å². The molecule has 0 aliphatic carbocycles. The highest BCUT2D eigenvalue weighted by Gasteiger charge is 2.08. The molecule has 1 atom stereocenters. The predicted octanol–water partition coefficient (Wildman–Crippen LogP) is 0.982. The highest BCUT2D eigenvalue weighted by Crippen LogP contribution is 1.97. The van der Waals surface area contributed by atoms with Gasteiger partial charge in [0, 0.05) is 25.6 Å². The summed E-state index contributed by atoms with van der Waals surface area (Å²) in [6, 6.07) is 0.184. The topological polar surface area (TPSA) is 46.3 Å². The Labute approximate surface area is 74.9 Å². The summed E-state index contributed by atoms with van der Waals surface area (Å²) in [7, 11) is 0. The molecule has 1 amide bonds. The molecule has 0 aliphatic rings. The van der Waals surface area contributed by atoms with Gasteiger partial charge in [-0.15, -0.1) is 0 Å². The molecular formula is C9H20N2O. The van der Waals surface area contributed by atoms with Gasteiger partial charge in [-0.3, -0.25) is 4.79 Å². The maximum Gasteiger partial charge on any atom is 0.222 e. The summed E-state index contributed by atoms with van der Waals surface area (Å²) in [5, 5.41) is 0. The van der Waals surface area contributed by atoms with Crippen molar-refractivity contribution in [2.24, 2.45) is 5.73 Å². The van der Waals surface area contributed by atoms with E-state index in [1.54, 1.807) is 0 Å². The van der Waals surface area contributed by atoms with Crippen LogP contribution >= 0.6 is 0 Å². The van der Waals surface area contributed by atoms with E-state index in [2.05, 4.69) is 0 Å². The van der Waals surface area contributed by atoms with Crippen molar-refractivity contribution < 1.29 is 4.79 Å². The molecule has 12 heavy (non-hydrogen) atoms. The summed E-state index contributed by atoms with van der Waals surface area (Å²) in [4.78, 5) is 13.1. The SMILES string of the molecule is CCC(=O)N(CC)CCC(C)N. The van der Waals surface area contributed by atoms with Crippen LogP contribution in [0.2, 0.25) is 0 Å². The number of hydrogen-bond donors (Lipinski definition) is 1. The van der Waals surface area contributed by atoms with Crippen LogP contribution in [0, 0.1) is 0 Å². The average molecular weight is 172 g/mol. The summed E-state index contributed by atoms with van der Waals surface area (Å²) in [6.07, 6.45) is 1.48. The van der Waals surface area contributed by atoms with Crippen LogP contribution in [-0.4, -0.2) is 29.9 Å². The average Bonchev–Trinajstić information content (AvgIpc) is 2.04. The van der Waals surface area contributed by atoms with E-state index in [1.165, 1.54) is 0 Å². The second-order valence-corrected chi connectivity index (χ2v) is 3.09. The van der Waals surface area contributed by atoms with Gasteiger partial charge >= 0.3 is 0 Å². The van der Waals surface area contributed by atoms with Crippen LogP contribution in [0.15, 0.2) is 0 Å². The van der Waals surface area contributed by atoms with E-state index >= 15 is 0 Å². The molecule has 0 aromatic carbocycles. The second kappa shape index (κ2) is 6.00. The maximum atomic E-state index is 11.2. The molecule has 0 saturated carbocycles. The highest BCUT2D eigenvalue weighted by molar-refractivity contribution is 5.75. The minimum absolute atomic E-state index is 0.184. The van der Waals surface area contributed by atoms with Crippen LogP contribution in [0.1, 0.15) is 33.6 Å². The van der Waals surface area contributed by atoms with Gasteiger partial charge in [0.05, 0.1) is 0 Å². The summed E-state index contributed by atoms with van der Waals surface area (Å²) < 4.78 is 0. The normalized spacial score (nSPS) is 12.7. The van der Waals surface area contributed by atoms with Crippen LogP contribution < -0.4 is 5.73 Å². The molecule has 1 unspecified atom stereocenters. The van der Waals surface area contributed by atoms with Gasteiger partial charge in [0.25, 0.3) is 0 Å². The lowest BCUT2D eigenvalue weighted by Crippen LogP contribution is -2.33. The Kier molecular flexibility index (Phi) is 5.72. The molecule has 0 aliphatic heterocycles. The van der Waals surface area contributed by atoms with Gasteiger partial charge in [-0.05, 0) is 20.3 Å². The third-order valence-corrected chi connectivity index (χ3v) is 1.89. The number of rotatable bonds is 5. The van der Waals surface area contributed by atoms with E-state index < -0.39 is 0 Å². The number of carbonyl (C=O) groups excluding carboxylic acids is 1. The smallest absolute Gasteiger partial charge is 0.222 e. The Bertz CT molecular complexity index is 134. The molecule has 0 radical (unpaired) electrons. The Hall–Kier alpha value is -0.570. The van der Waals surface area contributed by atoms with Gasteiger partial charge in [0.1, 0.15) is 0 Å². The van der Waals surface area contributed by atoms with E-state index in [9.17, 15) is 4.79 Å². The zero-order valence-electron chi connectivity index (χ0n) is 8.34. The lowest BCUT2D eigenvalue weighted by atomic mass is 10.2. The summed E-state index contributed by atoms with van der Waals surface area (Å²) in [5.74, 6) is 0.221. The van der Waals surface area contributed by atoms with Gasteiger partial charge in [0.15, 0.2) is 0 Å². The third-order valence-electron chi connectivity index (χ3n) is 1.89. The number of amides is 1. The van der Waals surface area contributed by atoms with Crippen molar-refractivity contribution in [3.63, 3.8) is 0 Å². The highest BCUT2D eigenvalue weighted by atomic mass is 16.2. The molecule has 0 rings (SSSR count). The molecule has 72 valence electrons. The molecule has 0 spiro atoms. The van der Waals surface area contributed by atoms with Gasteiger partial charge < -0.3 is 10.6 Å².